The Kier molecular flexibility index (Phi) is 3.10. The number of aromatic nitrogens is 2. The SMILES string of the molecule is CCc1nc(-c2ccc(C)o2)nc(NN)c1C. The van der Waals surface area contributed by atoms with Crippen molar-refractivity contribution in [1.29, 1.82) is 0 Å². The summed E-state index contributed by atoms with van der Waals surface area (Å²) in [6.45, 7) is 5.89. The van der Waals surface area contributed by atoms with Gasteiger partial charge in [-0.1, -0.05) is 6.92 Å². The molecule has 0 spiro atoms. The van der Waals surface area contributed by atoms with E-state index in [1.807, 2.05) is 32.9 Å². The molecule has 0 atom stereocenters. The highest BCUT2D eigenvalue weighted by atomic mass is 16.3. The molecule has 0 saturated carbocycles. The Morgan fingerprint density at radius 3 is 2.59 bits per heavy atom. The third kappa shape index (κ3) is 2.14. The zero-order valence-electron chi connectivity index (χ0n) is 10.2. The molecule has 0 fully saturated rings. The van der Waals surface area contributed by atoms with E-state index in [0.717, 1.165) is 23.4 Å². The molecule has 2 aromatic heterocycles. The van der Waals surface area contributed by atoms with Crippen LogP contribution in [-0.2, 0) is 6.42 Å². The van der Waals surface area contributed by atoms with Crippen molar-refractivity contribution in [3.05, 3.63) is 29.2 Å². The minimum absolute atomic E-state index is 0.563. The number of aryl methyl sites for hydroxylation is 2. The van der Waals surface area contributed by atoms with E-state index in [4.69, 9.17) is 10.3 Å². The average molecular weight is 232 g/mol. The van der Waals surface area contributed by atoms with Crippen molar-refractivity contribution in [2.24, 2.45) is 5.84 Å². The molecule has 0 aliphatic rings. The molecule has 0 saturated heterocycles. The summed E-state index contributed by atoms with van der Waals surface area (Å²) in [7, 11) is 0. The van der Waals surface area contributed by atoms with Gasteiger partial charge in [0, 0.05) is 11.3 Å². The maximum absolute atomic E-state index is 5.51. The number of hydrogen-bond acceptors (Lipinski definition) is 5. The van der Waals surface area contributed by atoms with Crippen molar-refractivity contribution in [2.45, 2.75) is 27.2 Å². The van der Waals surface area contributed by atoms with Crippen LogP contribution in [0, 0.1) is 13.8 Å². The molecule has 0 radical (unpaired) electrons. The molecule has 0 aliphatic carbocycles. The molecule has 90 valence electrons. The van der Waals surface area contributed by atoms with Crippen LogP contribution >= 0.6 is 0 Å². The van der Waals surface area contributed by atoms with Crippen LogP contribution in [0.4, 0.5) is 5.82 Å². The lowest BCUT2D eigenvalue weighted by molar-refractivity contribution is 0.543. The molecule has 5 heteroatoms. The summed E-state index contributed by atoms with van der Waals surface area (Å²) in [6, 6.07) is 3.75. The molecule has 0 amide bonds. The van der Waals surface area contributed by atoms with E-state index < -0.39 is 0 Å². The van der Waals surface area contributed by atoms with E-state index in [9.17, 15) is 0 Å². The van der Waals surface area contributed by atoms with Gasteiger partial charge in [0.25, 0.3) is 0 Å². The predicted molar refractivity (Wildman–Crippen MR) is 66.4 cm³/mol. The number of nitrogens with zero attached hydrogens (tertiary/aromatic N) is 2. The van der Waals surface area contributed by atoms with Gasteiger partial charge in [0.1, 0.15) is 11.6 Å². The molecule has 3 N–H and O–H groups in total. The van der Waals surface area contributed by atoms with Gasteiger partial charge < -0.3 is 9.84 Å². The molecular formula is C12H16N4O. The van der Waals surface area contributed by atoms with Gasteiger partial charge >= 0.3 is 0 Å². The quantitative estimate of drug-likeness (QED) is 0.626. The van der Waals surface area contributed by atoms with Gasteiger partial charge in [0.2, 0.25) is 0 Å². The van der Waals surface area contributed by atoms with Crippen LogP contribution in [0.1, 0.15) is 23.9 Å². The van der Waals surface area contributed by atoms with E-state index in [1.165, 1.54) is 0 Å². The second kappa shape index (κ2) is 4.55. The lowest BCUT2D eigenvalue weighted by atomic mass is 10.2. The van der Waals surface area contributed by atoms with Crippen LogP contribution in [0.5, 0.6) is 0 Å². The fourth-order valence-electron chi connectivity index (χ4n) is 1.71. The molecule has 17 heavy (non-hydrogen) atoms. The summed E-state index contributed by atoms with van der Waals surface area (Å²) >= 11 is 0. The summed E-state index contributed by atoms with van der Waals surface area (Å²) in [5, 5.41) is 0. The summed E-state index contributed by atoms with van der Waals surface area (Å²) in [6.07, 6.45) is 0.829. The van der Waals surface area contributed by atoms with E-state index in [2.05, 4.69) is 15.4 Å². The lowest BCUT2D eigenvalue weighted by Crippen LogP contribution is -2.13. The van der Waals surface area contributed by atoms with Gasteiger partial charge in [-0.3, -0.25) is 0 Å². The van der Waals surface area contributed by atoms with Crippen LogP contribution in [0.15, 0.2) is 16.5 Å². The third-order valence-corrected chi connectivity index (χ3v) is 2.68. The van der Waals surface area contributed by atoms with Crippen molar-refractivity contribution in [1.82, 2.24) is 9.97 Å². The van der Waals surface area contributed by atoms with Crippen molar-refractivity contribution in [3.63, 3.8) is 0 Å². The first kappa shape index (κ1) is 11.6. The zero-order chi connectivity index (χ0) is 12.4. The minimum Gasteiger partial charge on any atom is -0.458 e. The summed E-state index contributed by atoms with van der Waals surface area (Å²) in [4.78, 5) is 8.82. The van der Waals surface area contributed by atoms with Crippen LogP contribution in [-0.4, -0.2) is 9.97 Å². The maximum atomic E-state index is 5.51. The highest BCUT2D eigenvalue weighted by Crippen LogP contribution is 2.23. The van der Waals surface area contributed by atoms with E-state index >= 15 is 0 Å². The Labute approximate surface area is 100 Å². The van der Waals surface area contributed by atoms with Crippen molar-refractivity contribution < 1.29 is 4.42 Å². The second-order valence-electron chi connectivity index (χ2n) is 3.88. The molecule has 2 heterocycles. The predicted octanol–water partition coefficient (Wildman–Crippen LogP) is 2.20. The number of nitrogens with one attached hydrogen (secondary N) is 1. The molecule has 5 nitrogen and oxygen atoms in total. The molecular weight excluding hydrogens is 216 g/mol. The van der Waals surface area contributed by atoms with Crippen molar-refractivity contribution in [2.75, 3.05) is 5.43 Å². The molecule has 0 aromatic carbocycles. The van der Waals surface area contributed by atoms with Gasteiger partial charge in [-0.25, -0.2) is 15.8 Å². The number of nitrogens with two attached hydrogens (primary N) is 1. The van der Waals surface area contributed by atoms with E-state index in [-0.39, 0.29) is 0 Å². The van der Waals surface area contributed by atoms with Gasteiger partial charge in [0.05, 0.1) is 0 Å². The highest BCUT2D eigenvalue weighted by molar-refractivity contribution is 5.55. The number of rotatable bonds is 3. The average Bonchev–Trinajstić information content (AvgIpc) is 2.76. The highest BCUT2D eigenvalue weighted by Gasteiger charge is 2.12. The first-order valence-electron chi connectivity index (χ1n) is 5.56. The van der Waals surface area contributed by atoms with E-state index in [1.54, 1.807) is 0 Å². The Morgan fingerprint density at radius 1 is 1.29 bits per heavy atom. The van der Waals surface area contributed by atoms with Crippen LogP contribution in [0.2, 0.25) is 0 Å². The zero-order valence-corrected chi connectivity index (χ0v) is 10.2. The lowest BCUT2D eigenvalue weighted by Gasteiger charge is -2.09. The Morgan fingerprint density at radius 2 is 2.06 bits per heavy atom. The first-order chi connectivity index (χ1) is 8.15. The van der Waals surface area contributed by atoms with Crippen LogP contribution in [0.3, 0.4) is 0 Å². The molecule has 0 unspecified atom stereocenters. The van der Waals surface area contributed by atoms with Gasteiger partial charge in [-0.05, 0) is 32.4 Å². The number of nitrogen functional groups attached to an aromatic ring is 1. The van der Waals surface area contributed by atoms with Gasteiger partial charge in [0.15, 0.2) is 11.6 Å². The Bertz CT molecular complexity index is 508. The van der Waals surface area contributed by atoms with Crippen molar-refractivity contribution >= 4 is 5.82 Å². The van der Waals surface area contributed by atoms with E-state index in [0.29, 0.717) is 17.4 Å². The summed E-state index contributed by atoms with van der Waals surface area (Å²) < 4.78 is 5.51. The van der Waals surface area contributed by atoms with Gasteiger partial charge in [-0.15, -0.1) is 0 Å². The summed E-state index contributed by atoms with van der Waals surface area (Å²) in [5.41, 5.74) is 4.54. The summed E-state index contributed by atoms with van der Waals surface area (Å²) in [5.74, 6) is 8.16. The Hall–Kier alpha value is -1.88. The van der Waals surface area contributed by atoms with Crippen LogP contribution in [0.25, 0.3) is 11.6 Å². The fourth-order valence-corrected chi connectivity index (χ4v) is 1.71. The number of hydrazine groups is 1. The molecule has 2 aromatic rings. The Balaban J connectivity index is 2.55. The van der Waals surface area contributed by atoms with Crippen molar-refractivity contribution in [3.8, 4) is 11.6 Å². The maximum Gasteiger partial charge on any atom is 0.197 e. The number of furan rings is 1. The standard InChI is InChI=1S/C12H16N4O/c1-4-9-8(3)11(16-13)15-12(14-9)10-6-5-7(2)17-10/h5-6H,4,13H2,1-3H3,(H,14,15,16). The smallest absolute Gasteiger partial charge is 0.197 e. The van der Waals surface area contributed by atoms with Gasteiger partial charge in [-0.2, -0.15) is 0 Å². The van der Waals surface area contributed by atoms with Crippen LogP contribution < -0.4 is 11.3 Å². The molecule has 2 rings (SSSR count). The minimum atomic E-state index is 0.563. The molecule has 0 bridgehead atoms. The second-order valence-corrected chi connectivity index (χ2v) is 3.88. The largest absolute Gasteiger partial charge is 0.458 e. The fraction of sp³-hybridized carbons (Fsp3) is 0.333. The molecule has 0 aliphatic heterocycles. The normalized spacial score (nSPS) is 10.6. The topological polar surface area (TPSA) is 77.0 Å². The number of hydrogen-bond donors (Lipinski definition) is 2. The third-order valence-electron chi connectivity index (χ3n) is 2.68. The number of anilines is 1. The first-order valence-corrected chi connectivity index (χ1v) is 5.56. The monoisotopic (exact) mass is 232 g/mol.